The maximum Gasteiger partial charge on any atom is 0.326 e. The molecule has 2 aromatic rings. The van der Waals surface area contributed by atoms with Gasteiger partial charge in [-0.05, 0) is 37.4 Å². The summed E-state index contributed by atoms with van der Waals surface area (Å²) in [5.74, 6) is -2.40. The van der Waals surface area contributed by atoms with Crippen molar-refractivity contribution in [1.29, 1.82) is 0 Å². The molecular weight excluding hydrogens is 392 g/mol. The van der Waals surface area contributed by atoms with Gasteiger partial charge in [-0.25, -0.2) is 14.6 Å². The van der Waals surface area contributed by atoms with Crippen molar-refractivity contribution in [3.8, 4) is 0 Å². The number of nitrogens with two attached hydrogens (primary N) is 1. The lowest BCUT2D eigenvalue weighted by molar-refractivity contribution is -0.139. The van der Waals surface area contributed by atoms with Crippen molar-refractivity contribution in [3.05, 3.63) is 23.5 Å². The van der Waals surface area contributed by atoms with Crippen LogP contribution >= 0.6 is 11.6 Å². The molecule has 2 heterocycles. The Morgan fingerprint density at radius 2 is 1.75 bits per heavy atom. The average molecular weight is 413 g/mol. The third-order valence-electron chi connectivity index (χ3n) is 3.73. The van der Waals surface area contributed by atoms with Crippen molar-refractivity contribution in [2.45, 2.75) is 37.8 Å². The summed E-state index contributed by atoms with van der Waals surface area (Å²) in [6.45, 7) is 0.463. The van der Waals surface area contributed by atoms with Crippen LogP contribution in [0.3, 0.4) is 0 Å². The molecule has 2 rings (SSSR count). The van der Waals surface area contributed by atoms with Gasteiger partial charge in [0.25, 0.3) is 0 Å². The third-order valence-corrected chi connectivity index (χ3v) is 3.90. The predicted molar refractivity (Wildman–Crippen MR) is 100 cm³/mol. The molecule has 0 saturated heterocycles. The number of carboxylic acids is 2. The molecule has 0 aromatic carbocycles. The van der Waals surface area contributed by atoms with Crippen LogP contribution in [0.4, 0.5) is 11.9 Å². The third kappa shape index (κ3) is 6.63. The summed E-state index contributed by atoms with van der Waals surface area (Å²) in [4.78, 5) is 41.4. The van der Waals surface area contributed by atoms with E-state index in [1.165, 1.54) is 6.33 Å². The van der Waals surface area contributed by atoms with Crippen molar-refractivity contribution in [1.82, 2.24) is 24.9 Å². The SMILES string of the molecule is NCCCCC(Nc1nc(Cl)nc(NC(Cc2c[nH]cn2)C(=O)O)n1)C(=O)O. The summed E-state index contributed by atoms with van der Waals surface area (Å²) < 4.78 is 0. The zero-order chi connectivity index (χ0) is 20.5. The molecule has 0 amide bonds. The monoisotopic (exact) mass is 412 g/mol. The Morgan fingerprint density at radius 3 is 2.29 bits per heavy atom. The minimum Gasteiger partial charge on any atom is -0.480 e. The van der Waals surface area contributed by atoms with E-state index < -0.39 is 24.0 Å². The quantitative estimate of drug-likeness (QED) is 0.263. The lowest BCUT2D eigenvalue weighted by Gasteiger charge is -2.16. The van der Waals surface area contributed by atoms with Crippen molar-refractivity contribution in [3.63, 3.8) is 0 Å². The zero-order valence-corrected chi connectivity index (χ0v) is 15.6. The standard InChI is InChI=1S/C15H21ClN8O4/c16-13-22-14(20-9(11(25)26)3-1-2-4-17)24-15(23-13)21-10(12(27)28)5-8-6-18-7-19-8/h6-7,9-10H,1-5,17H2,(H,18,19)(H,25,26)(H,27,28)(H2,20,21,22,23,24). The molecule has 0 bridgehead atoms. The number of aromatic amines is 1. The number of hydrogen-bond donors (Lipinski definition) is 6. The number of nitrogens with one attached hydrogen (secondary N) is 3. The fraction of sp³-hybridized carbons (Fsp3) is 0.467. The average Bonchev–Trinajstić information content (AvgIpc) is 3.13. The largest absolute Gasteiger partial charge is 0.480 e. The number of anilines is 2. The summed E-state index contributed by atoms with van der Waals surface area (Å²) in [5.41, 5.74) is 5.95. The molecule has 28 heavy (non-hydrogen) atoms. The Morgan fingerprint density at radius 1 is 1.11 bits per heavy atom. The first-order valence-corrected chi connectivity index (χ1v) is 8.84. The molecular formula is C15H21ClN8O4. The molecule has 0 aliphatic rings. The first kappa shape index (κ1) is 21.3. The van der Waals surface area contributed by atoms with E-state index >= 15 is 0 Å². The van der Waals surface area contributed by atoms with Crippen molar-refractivity contribution < 1.29 is 19.8 Å². The summed E-state index contributed by atoms with van der Waals surface area (Å²) in [6.07, 6.45) is 4.69. The van der Waals surface area contributed by atoms with Gasteiger partial charge in [0.1, 0.15) is 12.1 Å². The molecule has 0 aliphatic heterocycles. The van der Waals surface area contributed by atoms with E-state index in [1.54, 1.807) is 6.20 Å². The van der Waals surface area contributed by atoms with Crippen LogP contribution in [-0.2, 0) is 16.0 Å². The van der Waals surface area contributed by atoms with Crippen LogP contribution in [0.2, 0.25) is 5.28 Å². The normalized spacial score (nSPS) is 12.9. The summed E-state index contributed by atoms with van der Waals surface area (Å²) in [7, 11) is 0. The number of nitrogens with zero attached hydrogens (tertiary/aromatic N) is 4. The molecule has 12 nitrogen and oxygen atoms in total. The second-order valence-electron chi connectivity index (χ2n) is 5.87. The molecule has 2 atom stereocenters. The van der Waals surface area contributed by atoms with Crippen LogP contribution in [-0.4, -0.2) is 65.7 Å². The van der Waals surface area contributed by atoms with Gasteiger partial charge in [-0.2, -0.15) is 15.0 Å². The van der Waals surface area contributed by atoms with E-state index in [1.807, 2.05) is 0 Å². The Hall–Kier alpha value is -2.99. The molecule has 0 saturated carbocycles. The Kier molecular flexibility index (Phi) is 7.89. The van der Waals surface area contributed by atoms with Crippen molar-refractivity contribution >= 4 is 35.4 Å². The fourth-order valence-electron chi connectivity index (χ4n) is 2.35. The highest BCUT2D eigenvalue weighted by Gasteiger charge is 2.22. The number of carbonyl (C=O) groups is 2. The first-order valence-electron chi connectivity index (χ1n) is 8.47. The van der Waals surface area contributed by atoms with Crippen LogP contribution in [0, 0.1) is 0 Å². The highest BCUT2D eigenvalue weighted by atomic mass is 35.5. The molecule has 152 valence electrons. The minimum absolute atomic E-state index is 0.0712. The first-order chi connectivity index (χ1) is 13.4. The van der Waals surface area contributed by atoms with Gasteiger partial charge >= 0.3 is 11.9 Å². The minimum atomic E-state index is -1.14. The Labute approximate surface area is 165 Å². The molecule has 0 radical (unpaired) electrons. The number of imidazole rings is 1. The molecule has 0 aliphatic carbocycles. The van der Waals surface area contributed by atoms with Gasteiger partial charge in [-0.1, -0.05) is 0 Å². The second-order valence-corrected chi connectivity index (χ2v) is 6.21. The number of carboxylic acid groups (broad SMARTS) is 2. The van der Waals surface area contributed by atoms with Gasteiger partial charge in [0.15, 0.2) is 0 Å². The lowest BCUT2D eigenvalue weighted by atomic mass is 10.1. The van der Waals surface area contributed by atoms with Gasteiger partial charge in [0.2, 0.25) is 17.2 Å². The van der Waals surface area contributed by atoms with Gasteiger partial charge in [0.05, 0.1) is 12.0 Å². The van der Waals surface area contributed by atoms with Crippen LogP contribution in [0.25, 0.3) is 0 Å². The highest BCUT2D eigenvalue weighted by molar-refractivity contribution is 6.28. The Bertz CT molecular complexity index is 788. The molecule has 13 heteroatoms. The second kappa shape index (κ2) is 10.4. The van der Waals surface area contributed by atoms with Gasteiger partial charge in [0, 0.05) is 12.6 Å². The van der Waals surface area contributed by atoms with E-state index in [-0.39, 0.29) is 23.6 Å². The topological polar surface area (TPSA) is 192 Å². The number of hydrogen-bond acceptors (Lipinski definition) is 9. The van der Waals surface area contributed by atoms with E-state index in [0.717, 1.165) is 0 Å². The fourth-order valence-corrected chi connectivity index (χ4v) is 2.51. The molecule has 2 aromatic heterocycles. The molecule has 0 fully saturated rings. The molecule has 7 N–H and O–H groups in total. The van der Waals surface area contributed by atoms with Gasteiger partial charge in [-0.15, -0.1) is 0 Å². The van der Waals surface area contributed by atoms with Crippen LogP contribution in [0.1, 0.15) is 25.0 Å². The maximum atomic E-state index is 11.5. The molecule has 2 unspecified atom stereocenters. The number of halogens is 1. The van der Waals surface area contributed by atoms with Gasteiger partial charge in [-0.3, -0.25) is 0 Å². The zero-order valence-electron chi connectivity index (χ0n) is 14.8. The Balaban J connectivity index is 2.11. The summed E-state index contributed by atoms with van der Waals surface area (Å²) in [5, 5.41) is 23.8. The van der Waals surface area contributed by atoms with Crippen LogP contribution < -0.4 is 16.4 Å². The lowest BCUT2D eigenvalue weighted by Crippen LogP contribution is -2.33. The molecule has 0 spiro atoms. The summed E-state index contributed by atoms with van der Waals surface area (Å²) in [6, 6.07) is -2.02. The van der Waals surface area contributed by atoms with Crippen LogP contribution in [0.15, 0.2) is 12.5 Å². The van der Waals surface area contributed by atoms with Crippen LogP contribution in [0.5, 0.6) is 0 Å². The van der Waals surface area contributed by atoms with E-state index in [2.05, 4.69) is 35.6 Å². The maximum absolute atomic E-state index is 11.5. The smallest absolute Gasteiger partial charge is 0.326 e. The predicted octanol–water partition coefficient (Wildman–Crippen LogP) is 0.350. The van der Waals surface area contributed by atoms with Gasteiger partial charge < -0.3 is 31.6 Å². The number of H-pyrrole nitrogens is 1. The summed E-state index contributed by atoms with van der Waals surface area (Å²) >= 11 is 5.87. The number of unbranched alkanes of at least 4 members (excludes halogenated alkanes) is 1. The van der Waals surface area contributed by atoms with Crippen molar-refractivity contribution in [2.24, 2.45) is 5.73 Å². The van der Waals surface area contributed by atoms with E-state index in [4.69, 9.17) is 17.3 Å². The van der Waals surface area contributed by atoms with Crippen molar-refractivity contribution in [2.75, 3.05) is 17.2 Å². The highest BCUT2D eigenvalue weighted by Crippen LogP contribution is 2.14. The number of aliphatic carboxylic acids is 2. The van der Waals surface area contributed by atoms with E-state index in [0.29, 0.717) is 31.5 Å². The number of aromatic nitrogens is 5. The number of rotatable bonds is 12. The van der Waals surface area contributed by atoms with E-state index in [9.17, 15) is 19.8 Å².